The van der Waals surface area contributed by atoms with Crippen LogP contribution in [0.25, 0.3) is 0 Å². The molecule has 1 aliphatic heterocycles. The Hall–Kier alpha value is -1.88. The summed E-state index contributed by atoms with van der Waals surface area (Å²) < 4.78 is 5.29. The van der Waals surface area contributed by atoms with Crippen molar-refractivity contribution in [3.05, 3.63) is 35.9 Å². The van der Waals surface area contributed by atoms with Gasteiger partial charge in [0.15, 0.2) is 6.04 Å². The van der Waals surface area contributed by atoms with Crippen molar-refractivity contribution in [3.8, 4) is 0 Å². The average Bonchev–Trinajstić information content (AvgIpc) is 2.53. The van der Waals surface area contributed by atoms with Crippen molar-refractivity contribution in [3.63, 3.8) is 0 Å². The summed E-state index contributed by atoms with van der Waals surface area (Å²) in [6, 6.07) is 7.75. The largest absolute Gasteiger partial charge is 0.479 e. The first kappa shape index (κ1) is 15.5. The minimum Gasteiger partial charge on any atom is -0.479 e. The van der Waals surface area contributed by atoms with E-state index in [-0.39, 0.29) is 17.7 Å². The lowest BCUT2D eigenvalue weighted by Gasteiger charge is -2.28. The van der Waals surface area contributed by atoms with E-state index in [0.717, 1.165) is 12.8 Å². The molecule has 0 aromatic heterocycles. The zero-order chi connectivity index (χ0) is 15.2. The lowest BCUT2D eigenvalue weighted by molar-refractivity contribution is -0.143. The fourth-order valence-corrected chi connectivity index (χ4v) is 2.64. The number of amides is 1. The standard InChI is InChI=1S/C16H21NO4/c1-11(12-7-9-21-10-8-12)15(18)17-14(16(19)20)13-5-3-2-4-6-13/h2-6,11-12,14H,7-10H2,1H3,(H,17,18)(H,19,20). The monoisotopic (exact) mass is 291 g/mol. The zero-order valence-corrected chi connectivity index (χ0v) is 12.1. The number of hydrogen-bond acceptors (Lipinski definition) is 3. The Morgan fingerprint density at radius 2 is 1.86 bits per heavy atom. The molecule has 0 aliphatic carbocycles. The molecule has 1 aromatic rings. The van der Waals surface area contributed by atoms with E-state index in [1.807, 2.05) is 13.0 Å². The van der Waals surface area contributed by atoms with E-state index in [9.17, 15) is 14.7 Å². The van der Waals surface area contributed by atoms with Crippen LogP contribution in [-0.2, 0) is 14.3 Å². The molecule has 1 amide bonds. The number of aliphatic carboxylic acids is 1. The predicted octanol–water partition coefficient (Wildman–Crippen LogP) is 1.99. The molecule has 2 rings (SSSR count). The van der Waals surface area contributed by atoms with Crippen LogP contribution in [-0.4, -0.2) is 30.2 Å². The minimum atomic E-state index is -1.05. The van der Waals surface area contributed by atoms with E-state index in [0.29, 0.717) is 18.8 Å². The fraction of sp³-hybridized carbons (Fsp3) is 0.500. The third-order valence-corrected chi connectivity index (χ3v) is 4.05. The number of carbonyl (C=O) groups excluding carboxylic acids is 1. The van der Waals surface area contributed by atoms with Crippen molar-refractivity contribution < 1.29 is 19.4 Å². The molecule has 0 bridgehead atoms. The van der Waals surface area contributed by atoms with Crippen molar-refractivity contribution >= 4 is 11.9 Å². The Bertz CT molecular complexity index is 482. The first-order chi connectivity index (χ1) is 10.1. The van der Waals surface area contributed by atoms with Gasteiger partial charge in [-0.3, -0.25) is 4.79 Å². The summed E-state index contributed by atoms with van der Waals surface area (Å²) in [5, 5.41) is 12.0. The summed E-state index contributed by atoms with van der Waals surface area (Å²) in [7, 11) is 0. The average molecular weight is 291 g/mol. The predicted molar refractivity (Wildman–Crippen MR) is 77.7 cm³/mol. The first-order valence-corrected chi connectivity index (χ1v) is 7.25. The Labute approximate surface area is 124 Å². The van der Waals surface area contributed by atoms with Crippen LogP contribution in [0, 0.1) is 11.8 Å². The van der Waals surface area contributed by atoms with Crippen molar-refractivity contribution in [1.29, 1.82) is 0 Å². The summed E-state index contributed by atoms with van der Waals surface area (Å²) in [6.07, 6.45) is 1.69. The SMILES string of the molecule is CC(C(=O)NC(C(=O)O)c1ccccc1)C1CCOCC1. The highest BCUT2D eigenvalue weighted by atomic mass is 16.5. The second kappa shape index (κ2) is 7.22. The van der Waals surface area contributed by atoms with Crippen molar-refractivity contribution in [2.24, 2.45) is 11.8 Å². The molecule has 0 saturated carbocycles. The number of nitrogens with one attached hydrogen (secondary N) is 1. The molecule has 0 spiro atoms. The van der Waals surface area contributed by atoms with Crippen molar-refractivity contribution in [2.75, 3.05) is 13.2 Å². The van der Waals surface area contributed by atoms with Gasteiger partial charge in [-0.15, -0.1) is 0 Å². The van der Waals surface area contributed by atoms with Gasteiger partial charge in [-0.2, -0.15) is 0 Å². The van der Waals surface area contributed by atoms with E-state index in [4.69, 9.17) is 4.74 Å². The van der Waals surface area contributed by atoms with Gasteiger partial charge in [0.2, 0.25) is 5.91 Å². The third kappa shape index (κ3) is 4.04. The highest BCUT2D eigenvalue weighted by Crippen LogP contribution is 2.24. The maximum Gasteiger partial charge on any atom is 0.330 e. The number of rotatable bonds is 5. The van der Waals surface area contributed by atoms with Crippen LogP contribution in [0.2, 0.25) is 0 Å². The number of carbonyl (C=O) groups is 2. The molecule has 21 heavy (non-hydrogen) atoms. The van der Waals surface area contributed by atoms with Gasteiger partial charge in [0.1, 0.15) is 0 Å². The van der Waals surface area contributed by atoms with E-state index in [1.165, 1.54) is 0 Å². The normalized spacial score (nSPS) is 18.7. The van der Waals surface area contributed by atoms with Crippen molar-refractivity contribution in [2.45, 2.75) is 25.8 Å². The summed E-state index contributed by atoms with van der Waals surface area (Å²) >= 11 is 0. The molecule has 114 valence electrons. The lowest BCUT2D eigenvalue weighted by Crippen LogP contribution is -2.40. The van der Waals surface area contributed by atoms with E-state index < -0.39 is 12.0 Å². The Kier molecular flexibility index (Phi) is 5.33. The summed E-state index contributed by atoms with van der Waals surface area (Å²) in [5.41, 5.74) is 0.581. The van der Waals surface area contributed by atoms with Gasteiger partial charge < -0.3 is 15.2 Å². The van der Waals surface area contributed by atoms with Crippen LogP contribution in [0.15, 0.2) is 30.3 Å². The summed E-state index contributed by atoms with van der Waals surface area (Å²) in [4.78, 5) is 23.7. The molecule has 2 unspecified atom stereocenters. The summed E-state index contributed by atoms with van der Waals surface area (Å²) in [6.45, 7) is 3.20. The molecular weight excluding hydrogens is 270 g/mol. The Morgan fingerprint density at radius 1 is 1.24 bits per heavy atom. The van der Waals surface area contributed by atoms with Crippen molar-refractivity contribution in [1.82, 2.24) is 5.32 Å². The fourth-order valence-electron chi connectivity index (χ4n) is 2.64. The van der Waals surface area contributed by atoms with Gasteiger partial charge in [-0.25, -0.2) is 4.79 Å². The van der Waals surface area contributed by atoms with Gasteiger partial charge in [0.25, 0.3) is 0 Å². The molecule has 1 heterocycles. The van der Waals surface area contributed by atoms with Gasteiger partial charge >= 0.3 is 5.97 Å². The first-order valence-electron chi connectivity index (χ1n) is 7.25. The molecule has 1 saturated heterocycles. The number of carboxylic acid groups (broad SMARTS) is 1. The van der Waals surface area contributed by atoms with Crippen LogP contribution < -0.4 is 5.32 Å². The highest BCUT2D eigenvalue weighted by Gasteiger charge is 2.29. The zero-order valence-electron chi connectivity index (χ0n) is 12.1. The maximum absolute atomic E-state index is 12.3. The minimum absolute atomic E-state index is 0.209. The Morgan fingerprint density at radius 3 is 2.43 bits per heavy atom. The molecule has 5 heteroatoms. The molecule has 2 atom stereocenters. The molecule has 1 fully saturated rings. The highest BCUT2D eigenvalue weighted by molar-refractivity contribution is 5.85. The van der Waals surface area contributed by atoms with E-state index in [1.54, 1.807) is 24.3 Å². The second-order valence-electron chi connectivity index (χ2n) is 5.43. The number of benzene rings is 1. The number of ether oxygens (including phenoxy) is 1. The molecule has 1 aromatic carbocycles. The lowest BCUT2D eigenvalue weighted by atomic mass is 9.86. The maximum atomic E-state index is 12.3. The van der Waals surface area contributed by atoms with Crippen LogP contribution in [0.1, 0.15) is 31.4 Å². The van der Waals surface area contributed by atoms with Gasteiger partial charge in [0, 0.05) is 19.1 Å². The quantitative estimate of drug-likeness (QED) is 0.870. The summed E-state index contributed by atoms with van der Waals surface area (Å²) in [5.74, 6) is -1.21. The number of hydrogen-bond donors (Lipinski definition) is 2. The van der Waals surface area contributed by atoms with Crippen LogP contribution in [0.5, 0.6) is 0 Å². The molecule has 5 nitrogen and oxygen atoms in total. The van der Waals surface area contributed by atoms with E-state index >= 15 is 0 Å². The van der Waals surface area contributed by atoms with Crippen LogP contribution >= 0.6 is 0 Å². The van der Waals surface area contributed by atoms with Crippen LogP contribution in [0.3, 0.4) is 0 Å². The molecule has 2 N–H and O–H groups in total. The molecular formula is C16H21NO4. The second-order valence-corrected chi connectivity index (χ2v) is 5.43. The third-order valence-electron chi connectivity index (χ3n) is 4.05. The van der Waals surface area contributed by atoms with Crippen LogP contribution in [0.4, 0.5) is 0 Å². The topological polar surface area (TPSA) is 75.6 Å². The Balaban J connectivity index is 2.03. The molecule has 0 radical (unpaired) electrons. The number of carboxylic acids is 1. The van der Waals surface area contributed by atoms with Gasteiger partial charge in [0.05, 0.1) is 0 Å². The van der Waals surface area contributed by atoms with Gasteiger partial charge in [-0.05, 0) is 24.3 Å². The van der Waals surface area contributed by atoms with E-state index in [2.05, 4.69) is 5.32 Å². The van der Waals surface area contributed by atoms with Gasteiger partial charge in [-0.1, -0.05) is 37.3 Å². The smallest absolute Gasteiger partial charge is 0.330 e. The molecule has 1 aliphatic rings.